The molecule has 0 aliphatic carbocycles. The van der Waals surface area contributed by atoms with Gasteiger partial charge in [0.25, 0.3) is 0 Å². The van der Waals surface area contributed by atoms with Crippen LogP contribution in [0.1, 0.15) is 33.2 Å². The molecule has 0 heterocycles. The van der Waals surface area contributed by atoms with E-state index in [1.54, 1.807) is 79.7 Å². The molecule has 0 spiro atoms. The molecule has 0 aliphatic heterocycles. The molecular formula is C23H20N2O4. The average Bonchev–Trinajstić information content (AvgIpc) is 2.75. The Hall–Kier alpha value is -3.93. The lowest BCUT2D eigenvalue weighted by Crippen LogP contribution is -2.21. The van der Waals surface area contributed by atoms with Crippen molar-refractivity contribution in [2.24, 2.45) is 0 Å². The zero-order valence-electron chi connectivity index (χ0n) is 15.8. The number of urea groups is 1. The second-order valence-corrected chi connectivity index (χ2v) is 6.12. The Bertz CT molecular complexity index is 1010. The van der Waals surface area contributed by atoms with Gasteiger partial charge in [-0.3, -0.25) is 4.79 Å². The number of rotatable bonds is 6. The summed E-state index contributed by atoms with van der Waals surface area (Å²) in [6, 6.07) is 21.5. The lowest BCUT2D eigenvalue weighted by Gasteiger charge is -2.12. The van der Waals surface area contributed by atoms with Gasteiger partial charge in [-0.2, -0.15) is 0 Å². The van der Waals surface area contributed by atoms with Crippen molar-refractivity contribution in [2.45, 2.75) is 6.92 Å². The third kappa shape index (κ3) is 5.07. The molecule has 146 valence electrons. The Balaban J connectivity index is 1.70. The number of para-hydroxylation sites is 1. The molecule has 6 nitrogen and oxygen atoms in total. The number of ketones is 1. The Labute approximate surface area is 168 Å². The van der Waals surface area contributed by atoms with Gasteiger partial charge in [0, 0.05) is 16.8 Å². The fourth-order valence-corrected chi connectivity index (χ4v) is 2.72. The van der Waals surface area contributed by atoms with Gasteiger partial charge in [0.1, 0.15) is 0 Å². The number of esters is 1. The van der Waals surface area contributed by atoms with E-state index in [1.807, 2.05) is 6.07 Å². The van der Waals surface area contributed by atoms with E-state index in [0.717, 1.165) is 0 Å². The van der Waals surface area contributed by atoms with Gasteiger partial charge in [0.15, 0.2) is 5.78 Å². The number of hydrogen-bond acceptors (Lipinski definition) is 4. The topological polar surface area (TPSA) is 84.5 Å². The molecule has 2 amide bonds. The van der Waals surface area contributed by atoms with Crippen molar-refractivity contribution >= 4 is 29.2 Å². The molecule has 0 aromatic heterocycles. The molecule has 2 N–H and O–H groups in total. The highest BCUT2D eigenvalue weighted by molar-refractivity contribution is 6.14. The maximum absolute atomic E-state index is 12.7. The summed E-state index contributed by atoms with van der Waals surface area (Å²) in [5, 5.41) is 5.39. The summed E-state index contributed by atoms with van der Waals surface area (Å²) in [5.41, 5.74) is 2.24. The van der Waals surface area contributed by atoms with Gasteiger partial charge in [0.05, 0.1) is 17.9 Å². The smallest absolute Gasteiger partial charge is 0.338 e. The molecule has 3 rings (SSSR count). The summed E-state index contributed by atoms with van der Waals surface area (Å²) in [5.74, 6) is -0.600. The van der Waals surface area contributed by atoms with E-state index >= 15 is 0 Å². The number of carbonyl (C=O) groups is 3. The van der Waals surface area contributed by atoms with E-state index in [4.69, 9.17) is 4.74 Å². The Morgan fingerprint density at radius 2 is 1.41 bits per heavy atom. The molecule has 0 saturated carbocycles. The van der Waals surface area contributed by atoms with Crippen LogP contribution in [0.25, 0.3) is 0 Å². The number of carbonyl (C=O) groups excluding carboxylic acids is 3. The molecule has 6 heteroatoms. The highest BCUT2D eigenvalue weighted by atomic mass is 16.5. The van der Waals surface area contributed by atoms with Crippen molar-refractivity contribution in [3.63, 3.8) is 0 Å². The largest absolute Gasteiger partial charge is 0.462 e. The average molecular weight is 388 g/mol. The van der Waals surface area contributed by atoms with Gasteiger partial charge >= 0.3 is 12.0 Å². The fraction of sp³-hybridized carbons (Fsp3) is 0.0870. The van der Waals surface area contributed by atoms with E-state index < -0.39 is 12.0 Å². The summed E-state index contributed by atoms with van der Waals surface area (Å²) < 4.78 is 4.93. The van der Waals surface area contributed by atoms with Crippen LogP contribution < -0.4 is 10.6 Å². The van der Waals surface area contributed by atoms with Crippen LogP contribution in [-0.2, 0) is 4.74 Å². The molecule has 0 radical (unpaired) electrons. The lowest BCUT2D eigenvalue weighted by molar-refractivity contribution is 0.0526. The quantitative estimate of drug-likeness (QED) is 0.472. The summed E-state index contributed by atoms with van der Waals surface area (Å²) in [7, 11) is 0. The van der Waals surface area contributed by atoms with E-state index in [0.29, 0.717) is 34.7 Å². The van der Waals surface area contributed by atoms with Crippen LogP contribution in [0.3, 0.4) is 0 Å². The molecule has 0 fully saturated rings. The molecule has 0 bridgehead atoms. The Kier molecular flexibility index (Phi) is 6.37. The number of nitrogens with one attached hydrogen (secondary N) is 2. The van der Waals surface area contributed by atoms with Crippen molar-refractivity contribution in [3.8, 4) is 0 Å². The van der Waals surface area contributed by atoms with Crippen LogP contribution in [-0.4, -0.2) is 24.4 Å². The van der Waals surface area contributed by atoms with Gasteiger partial charge < -0.3 is 15.4 Å². The number of hydrogen-bond donors (Lipinski definition) is 2. The number of anilines is 2. The number of ether oxygens (including phenoxy) is 1. The minimum atomic E-state index is -0.498. The molecule has 29 heavy (non-hydrogen) atoms. The van der Waals surface area contributed by atoms with Crippen LogP contribution in [0, 0.1) is 0 Å². The molecule has 3 aromatic carbocycles. The first-order valence-electron chi connectivity index (χ1n) is 9.12. The second kappa shape index (κ2) is 9.32. The van der Waals surface area contributed by atoms with Crippen LogP contribution in [0.15, 0.2) is 78.9 Å². The maximum atomic E-state index is 12.7. The number of benzene rings is 3. The lowest BCUT2D eigenvalue weighted by atomic mass is 10.0. The third-order valence-corrected chi connectivity index (χ3v) is 4.11. The zero-order valence-corrected chi connectivity index (χ0v) is 15.8. The predicted molar refractivity (Wildman–Crippen MR) is 111 cm³/mol. The standard InChI is InChI=1S/C23H20N2O4/c1-2-29-22(27)17-12-14-18(15-13-17)24-23(28)25-20-11-7-6-10-19(20)21(26)16-8-4-3-5-9-16/h3-15H,2H2,1H3,(H2,24,25,28). The fourth-order valence-electron chi connectivity index (χ4n) is 2.72. The summed E-state index contributed by atoms with van der Waals surface area (Å²) >= 11 is 0. The van der Waals surface area contributed by atoms with Gasteiger partial charge in [-0.05, 0) is 43.3 Å². The number of amides is 2. The molecule has 0 aliphatic rings. The molecule has 3 aromatic rings. The van der Waals surface area contributed by atoms with Gasteiger partial charge in [0.2, 0.25) is 0 Å². The van der Waals surface area contributed by atoms with E-state index in [1.165, 1.54) is 0 Å². The SMILES string of the molecule is CCOC(=O)c1ccc(NC(=O)Nc2ccccc2C(=O)c2ccccc2)cc1. The van der Waals surface area contributed by atoms with Crippen molar-refractivity contribution in [2.75, 3.05) is 17.2 Å². The van der Waals surface area contributed by atoms with Gasteiger partial charge in [-0.15, -0.1) is 0 Å². The summed E-state index contributed by atoms with van der Waals surface area (Å²) in [6.07, 6.45) is 0. The monoisotopic (exact) mass is 388 g/mol. The molecular weight excluding hydrogens is 368 g/mol. The summed E-state index contributed by atoms with van der Waals surface area (Å²) in [4.78, 5) is 36.8. The first-order valence-corrected chi connectivity index (χ1v) is 9.12. The highest BCUT2D eigenvalue weighted by Crippen LogP contribution is 2.20. The summed E-state index contributed by atoms with van der Waals surface area (Å²) in [6.45, 7) is 2.03. The predicted octanol–water partition coefficient (Wildman–Crippen LogP) is 4.74. The van der Waals surface area contributed by atoms with Crippen molar-refractivity contribution in [1.29, 1.82) is 0 Å². The highest BCUT2D eigenvalue weighted by Gasteiger charge is 2.15. The Morgan fingerprint density at radius 3 is 2.10 bits per heavy atom. The second-order valence-electron chi connectivity index (χ2n) is 6.12. The zero-order chi connectivity index (χ0) is 20.6. The van der Waals surface area contributed by atoms with Crippen LogP contribution >= 0.6 is 0 Å². The van der Waals surface area contributed by atoms with E-state index in [2.05, 4.69) is 10.6 Å². The normalized spacial score (nSPS) is 10.1. The van der Waals surface area contributed by atoms with Crippen LogP contribution in [0.5, 0.6) is 0 Å². The minimum absolute atomic E-state index is 0.180. The first-order chi connectivity index (χ1) is 14.1. The molecule has 0 saturated heterocycles. The third-order valence-electron chi connectivity index (χ3n) is 4.11. The maximum Gasteiger partial charge on any atom is 0.338 e. The molecule has 0 unspecified atom stereocenters. The minimum Gasteiger partial charge on any atom is -0.462 e. The molecule has 0 atom stereocenters. The van der Waals surface area contributed by atoms with Crippen molar-refractivity contribution in [3.05, 3.63) is 95.6 Å². The van der Waals surface area contributed by atoms with Crippen molar-refractivity contribution in [1.82, 2.24) is 0 Å². The van der Waals surface area contributed by atoms with Gasteiger partial charge in [-0.1, -0.05) is 42.5 Å². The van der Waals surface area contributed by atoms with E-state index in [-0.39, 0.29) is 5.78 Å². The van der Waals surface area contributed by atoms with E-state index in [9.17, 15) is 14.4 Å². The van der Waals surface area contributed by atoms with Crippen LogP contribution in [0.4, 0.5) is 16.2 Å². The Morgan fingerprint density at radius 1 is 0.759 bits per heavy atom. The van der Waals surface area contributed by atoms with Gasteiger partial charge in [-0.25, -0.2) is 9.59 Å². The van der Waals surface area contributed by atoms with Crippen LogP contribution in [0.2, 0.25) is 0 Å². The first kappa shape index (κ1) is 19.8. The van der Waals surface area contributed by atoms with Crippen molar-refractivity contribution < 1.29 is 19.1 Å².